The zero-order valence-corrected chi connectivity index (χ0v) is 11.1. The maximum atomic E-state index is 11.6. The van der Waals surface area contributed by atoms with Gasteiger partial charge in [0.05, 0.1) is 13.5 Å². The van der Waals surface area contributed by atoms with Crippen LogP contribution in [-0.4, -0.2) is 19.2 Å². The fourth-order valence-corrected chi connectivity index (χ4v) is 2.81. The first-order valence-electron chi connectivity index (χ1n) is 6.46. The Hall–Kier alpha value is -2.03. The van der Waals surface area contributed by atoms with E-state index in [0.717, 1.165) is 11.3 Å². The van der Waals surface area contributed by atoms with E-state index in [1.54, 1.807) is 0 Å². The van der Waals surface area contributed by atoms with Gasteiger partial charge in [0, 0.05) is 11.5 Å². The van der Waals surface area contributed by atoms with E-state index >= 15 is 0 Å². The van der Waals surface area contributed by atoms with Gasteiger partial charge in [0.25, 0.3) is 0 Å². The minimum Gasteiger partial charge on any atom is -0.490 e. The minimum absolute atomic E-state index is 0.0000869. The number of hydrogen-bond acceptors (Lipinski definition) is 3. The highest BCUT2D eigenvalue weighted by Gasteiger charge is 2.34. The first-order chi connectivity index (χ1) is 9.20. The molecule has 2 aromatic rings. The molecule has 3 rings (SSSR count). The SMILES string of the molecule is COC(=O)C[C@@H]1c2c(ccc3ccccc23)O[C@@H]1C. The summed E-state index contributed by atoms with van der Waals surface area (Å²) < 4.78 is 10.7. The van der Waals surface area contributed by atoms with Crippen LogP contribution in [0.15, 0.2) is 36.4 Å². The lowest BCUT2D eigenvalue weighted by Gasteiger charge is -2.14. The normalized spacial score (nSPS) is 20.9. The van der Waals surface area contributed by atoms with E-state index in [1.165, 1.54) is 17.9 Å². The van der Waals surface area contributed by atoms with Crippen molar-refractivity contribution in [1.82, 2.24) is 0 Å². The number of benzene rings is 2. The smallest absolute Gasteiger partial charge is 0.306 e. The molecule has 0 bridgehead atoms. The highest BCUT2D eigenvalue weighted by molar-refractivity contribution is 5.89. The van der Waals surface area contributed by atoms with Gasteiger partial charge in [0.2, 0.25) is 0 Å². The fourth-order valence-electron chi connectivity index (χ4n) is 2.81. The number of hydrogen-bond donors (Lipinski definition) is 0. The molecule has 98 valence electrons. The maximum absolute atomic E-state index is 11.6. The van der Waals surface area contributed by atoms with Crippen LogP contribution in [0.25, 0.3) is 10.8 Å². The molecule has 0 aliphatic carbocycles. The van der Waals surface area contributed by atoms with Crippen molar-refractivity contribution in [2.24, 2.45) is 0 Å². The molecule has 1 aliphatic rings. The highest BCUT2D eigenvalue weighted by atomic mass is 16.5. The molecule has 19 heavy (non-hydrogen) atoms. The van der Waals surface area contributed by atoms with Crippen LogP contribution in [0, 0.1) is 0 Å². The summed E-state index contributed by atoms with van der Waals surface area (Å²) >= 11 is 0. The molecule has 2 aromatic carbocycles. The van der Waals surface area contributed by atoms with Crippen molar-refractivity contribution in [3.05, 3.63) is 42.0 Å². The average molecular weight is 256 g/mol. The van der Waals surface area contributed by atoms with Gasteiger partial charge in [-0.25, -0.2) is 0 Å². The summed E-state index contributed by atoms with van der Waals surface area (Å²) in [5.74, 6) is 0.759. The van der Waals surface area contributed by atoms with Gasteiger partial charge in [0.15, 0.2) is 0 Å². The molecule has 3 nitrogen and oxygen atoms in total. The van der Waals surface area contributed by atoms with E-state index in [4.69, 9.17) is 9.47 Å². The third-order valence-corrected chi connectivity index (χ3v) is 3.80. The largest absolute Gasteiger partial charge is 0.490 e. The van der Waals surface area contributed by atoms with Gasteiger partial charge in [-0.05, 0) is 23.8 Å². The summed E-state index contributed by atoms with van der Waals surface area (Å²) in [6, 6.07) is 12.2. The van der Waals surface area contributed by atoms with Gasteiger partial charge in [-0.3, -0.25) is 4.79 Å². The predicted octanol–water partition coefficient (Wildman–Crippen LogP) is 3.27. The predicted molar refractivity (Wildman–Crippen MR) is 73.4 cm³/mol. The summed E-state index contributed by atoms with van der Waals surface area (Å²) in [6.07, 6.45) is 0.360. The Balaban J connectivity index is 2.12. The first kappa shape index (κ1) is 12.0. The number of methoxy groups -OCH3 is 1. The van der Waals surface area contributed by atoms with Gasteiger partial charge in [-0.1, -0.05) is 30.3 Å². The lowest BCUT2D eigenvalue weighted by atomic mass is 9.89. The van der Waals surface area contributed by atoms with Crippen LogP contribution >= 0.6 is 0 Å². The van der Waals surface area contributed by atoms with E-state index in [-0.39, 0.29) is 18.0 Å². The van der Waals surface area contributed by atoms with Crippen LogP contribution in [-0.2, 0) is 9.53 Å². The summed E-state index contributed by atoms with van der Waals surface area (Å²) in [4.78, 5) is 11.6. The number of ether oxygens (including phenoxy) is 2. The van der Waals surface area contributed by atoms with Gasteiger partial charge in [-0.15, -0.1) is 0 Å². The topological polar surface area (TPSA) is 35.5 Å². The molecule has 0 unspecified atom stereocenters. The molecule has 0 radical (unpaired) electrons. The first-order valence-corrected chi connectivity index (χ1v) is 6.46. The van der Waals surface area contributed by atoms with Gasteiger partial charge < -0.3 is 9.47 Å². The number of fused-ring (bicyclic) bond motifs is 3. The van der Waals surface area contributed by atoms with Crippen molar-refractivity contribution in [1.29, 1.82) is 0 Å². The summed E-state index contributed by atoms with van der Waals surface area (Å²) in [7, 11) is 1.42. The van der Waals surface area contributed by atoms with E-state index in [1.807, 2.05) is 25.1 Å². The molecular weight excluding hydrogens is 240 g/mol. The standard InChI is InChI=1S/C16H16O3/c1-10-13(9-15(17)18-2)16-12-6-4-3-5-11(12)7-8-14(16)19-10/h3-8,10,13H,9H2,1-2H3/t10-,13+/m1/s1. The molecule has 0 saturated carbocycles. The van der Waals surface area contributed by atoms with Crippen LogP contribution in [0.3, 0.4) is 0 Å². The minimum atomic E-state index is -0.193. The molecule has 2 atom stereocenters. The third kappa shape index (κ3) is 1.95. The summed E-state index contributed by atoms with van der Waals surface area (Å²) in [5.41, 5.74) is 1.14. The molecular formula is C16H16O3. The Kier molecular flexibility index (Phi) is 2.90. The Morgan fingerprint density at radius 3 is 2.84 bits per heavy atom. The second-order valence-electron chi connectivity index (χ2n) is 4.91. The summed E-state index contributed by atoms with van der Waals surface area (Å²) in [5, 5.41) is 2.34. The summed E-state index contributed by atoms with van der Waals surface area (Å²) in [6.45, 7) is 2.00. The molecule has 0 aromatic heterocycles. The van der Waals surface area contributed by atoms with Gasteiger partial charge >= 0.3 is 5.97 Å². The Bertz CT molecular complexity index is 633. The number of rotatable bonds is 2. The van der Waals surface area contributed by atoms with Crippen LogP contribution < -0.4 is 4.74 Å². The van der Waals surface area contributed by atoms with Gasteiger partial charge in [-0.2, -0.15) is 0 Å². The number of esters is 1. The molecule has 1 aliphatic heterocycles. The molecule has 0 spiro atoms. The van der Waals surface area contributed by atoms with E-state index in [0.29, 0.717) is 6.42 Å². The zero-order valence-electron chi connectivity index (χ0n) is 11.1. The maximum Gasteiger partial charge on any atom is 0.306 e. The highest BCUT2D eigenvalue weighted by Crippen LogP contribution is 2.44. The van der Waals surface area contributed by atoms with E-state index in [2.05, 4.69) is 18.2 Å². The van der Waals surface area contributed by atoms with Crippen LogP contribution in [0.4, 0.5) is 0 Å². The van der Waals surface area contributed by atoms with E-state index < -0.39 is 0 Å². The Morgan fingerprint density at radius 2 is 2.05 bits per heavy atom. The van der Waals surface area contributed by atoms with Crippen molar-refractivity contribution in [2.45, 2.75) is 25.4 Å². The Morgan fingerprint density at radius 1 is 1.26 bits per heavy atom. The molecule has 3 heteroatoms. The number of carbonyl (C=O) groups is 1. The average Bonchev–Trinajstić information content (AvgIpc) is 2.75. The molecule has 0 fully saturated rings. The van der Waals surface area contributed by atoms with Crippen molar-refractivity contribution < 1.29 is 14.3 Å². The third-order valence-electron chi connectivity index (χ3n) is 3.80. The second kappa shape index (κ2) is 4.57. The second-order valence-corrected chi connectivity index (χ2v) is 4.91. The van der Waals surface area contributed by atoms with Gasteiger partial charge in [0.1, 0.15) is 11.9 Å². The van der Waals surface area contributed by atoms with Crippen LogP contribution in [0.2, 0.25) is 0 Å². The van der Waals surface area contributed by atoms with Crippen LogP contribution in [0.5, 0.6) is 5.75 Å². The van der Waals surface area contributed by atoms with Crippen molar-refractivity contribution in [3.63, 3.8) is 0 Å². The fraction of sp³-hybridized carbons (Fsp3) is 0.312. The number of carbonyl (C=O) groups excluding carboxylic acids is 1. The monoisotopic (exact) mass is 256 g/mol. The van der Waals surface area contributed by atoms with Crippen LogP contribution in [0.1, 0.15) is 24.8 Å². The van der Waals surface area contributed by atoms with Crippen molar-refractivity contribution in [3.8, 4) is 5.75 Å². The van der Waals surface area contributed by atoms with Crippen molar-refractivity contribution in [2.75, 3.05) is 7.11 Å². The zero-order chi connectivity index (χ0) is 13.4. The quantitative estimate of drug-likeness (QED) is 0.774. The Labute approximate surface area is 112 Å². The molecule has 0 N–H and O–H groups in total. The molecule has 0 saturated heterocycles. The molecule has 1 heterocycles. The molecule has 0 amide bonds. The lowest BCUT2D eigenvalue weighted by Crippen LogP contribution is -2.18. The van der Waals surface area contributed by atoms with Crippen molar-refractivity contribution >= 4 is 16.7 Å². The lowest BCUT2D eigenvalue weighted by molar-refractivity contribution is -0.141. The van der Waals surface area contributed by atoms with E-state index in [9.17, 15) is 4.79 Å².